The van der Waals surface area contributed by atoms with Crippen molar-refractivity contribution < 1.29 is 26.5 Å². The SMILES string of the molecule is CC[C@@H](C)N(Cc1cccc(OS(=O)(=O)c2ccc(F)cc2)c1)C(=O)Nc1ccccc1OC. The van der Waals surface area contributed by atoms with Crippen molar-refractivity contribution in [2.75, 3.05) is 12.4 Å². The molecule has 0 fully saturated rings. The van der Waals surface area contributed by atoms with E-state index in [1.54, 1.807) is 41.3 Å². The van der Waals surface area contributed by atoms with E-state index in [1.807, 2.05) is 19.9 Å². The summed E-state index contributed by atoms with van der Waals surface area (Å²) in [7, 11) is -2.60. The van der Waals surface area contributed by atoms with Crippen LogP contribution in [0.2, 0.25) is 0 Å². The molecule has 0 heterocycles. The number of methoxy groups -OCH3 is 1. The van der Waals surface area contributed by atoms with Crippen LogP contribution in [0.4, 0.5) is 14.9 Å². The van der Waals surface area contributed by atoms with E-state index in [9.17, 15) is 17.6 Å². The highest BCUT2D eigenvalue weighted by atomic mass is 32.2. The normalized spacial score (nSPS) is 12.0. The lowest BCUT2D eigenvalue weighted by Gasteiger charge is -2.29. The number of amides is 2. The van der Waals surface area contributed by atoms with Gasteiger partial charge in [0.1, 0.15) is 22.2 Å². The second-order valence-corrected chi connectivity index (χ2v) is 9.20. The van der Waals surface area contributed by atoms with Crippen LogP contribution in [-0.2, 0) is 16.7 Å². The molecule has 0 aliphatic rings. The van der Waals surface area contributed by atoms with Crippen LogP contribution in [0.15, 0.2) is 77.7 Å². The Labute approximate surface area is 199 Å². The highest BCUT2D eigenvalue weighted by Crippen LogP contribution is 2.25. The van der Waals surface area contributed by atoms with Crippen LogP contribution >= 0.6 is 0 Å². The molecule has 0 bridgehead atoms. The summed E-state index contributed by atoms with van der Waals surface area (Å²) in [5.41, 5.74) is 1.23. The van der Waals surface area contributed by atoms with Crippen molar-refractivity contribution in [1.29, 1.82) is 0 Å². The van der Waals surface area contributed by atoms with Crippen LogP contribution in [0, 0.1) is 5.82 Å². The lowest BCUT2D eigenvalue weighted by Crippen LogP contribution is -2.40. The molecule has 2 amide bonds. The van der Waals surface area contributed by atoms with E-state index in [0.717, 1.165) is 24.3 Å². The zero-order valence-corrected chi connectivity index (χ0v) is 20.0. The smallest absolute Gasteiger partial charge is 0.339 e. The van der Waals surface area contributed by atoms with Crippen LogP contribution in [0.3, 0.4) is 0 Å². The maximum absolute atomic E-state index is 13.1. The summed E-state index contributed by atoms with van der Waals surface area (Å²) in [6, 6.07) is 17.6. The molecule has 0 saturated heterocycles. The van der Waals surface area contributed by atoms with Gasteiger partial charge in [-0.1, -0.05) is 31.2 Å². The average Bonchev–Trinajstić information content (AvgIpc) is 2.82. The van der Waals surface area contributed by atoms with Crippen molar-refractivity contribution in [2.24, 2.45) is 0 Å². The third kappa shape index (κ3) is 6.26. The van der Waals surface area contributed by atoms with Gasteiger partial charge in [-0.15, -0.1) is 0 Å². The number of rotatable bonds is 9. The van der Waals surface area contributed by atoms with Crippen molar-refractivity contribution in [1.82, 2.24) is 4.90 Å². The van der Waals surface area contributed by atoms with E-state index in [4.69, 9.17) is 8.92 Å². The van der Waals surface area contributed by atoms with E-state index < -0.39 is 15.9 Å². The van der Waals surface area contributed by atoms with Gasteiger partial charge in [0, 0.05) is 12.6 Å². The molecule has 0 unspecified atom stereocenters. The lowest BCUT2D eigenvalue weighted by molar-refractivity contribution is 0.187. The number of benzene rings is 3. The van der Waals surface area contributed by atoms with Crippen molar-refractivity contribution in [2.45, 2.75) is 37.8 Å². The van der Waals surface area contributed by atoms with Crippen LogP contribution < -0.4 is 14.2 Å². The molecule has 3 aromatic rings. The Balaban J connectivity index is 1.79. The molecule has 3 rings (SSSR count). The number of urea groups is 1. The van der Waals surface area contributed by atoms with Gasteiger partial charge in [0.2, 0.25) is 0 Å². The zero-order chi connectivity index (χ0) is 24.7. The molecule has 0 radical (unpaired) electrons. The maximum Gasteiger partial charge on any atom is 0.339 e. The second kappa shape index (κ2) is 11.0. The number of nitrogens with zero attached hydrogens (tertiary/aromatic N) is 1. The number of hydrogen-bond acceptors (Lipinski definition) is 5. The lowest BCUT2D eigenvalue weighted by atomic mass is 10.1. The molecular formula is C25H27FN2O5S. The molecule has 1 atom stereocenters. The largest absolute Gasteiger partial charge is 0.495 e. The van der Waals surface area contributed by atoms with Gasteiger partial charge in [0.25, 0.3) is 0 Å². The molecular weight excluding hydrogens is 459 g/mol. The van der Waals surface area contributed by atoms with E-state index >= 15 is 0 Å². The number of anilines is 1. The fraction of sp³-hybridized carbons (Fsp3) is 0.240. The van der Waals surface area contributed by atoms with Crippen LogP contribution in [-0.4, -0.2) is 32.5 Å². The van der Waals surface area contributed by atoms with Gasteiger partial charge in [-0.05, 0) is 67.4 Å². The highest BCUT2D eigenvalue weighted by molar-refractivity contribution is 7.87. The number of ether oxygens (including phenoxy) is 1. The highest BCUT2D eigenvalue weighted by Gasteiger charge is 2.22. The summed E-state index contributed by atoms with van der Waals surface area (Å²) in [5, 5.41) is 2.88. The van der Waals surface area contributed by atoms with Crippen molar-refractivity contribution in [3.05, 3.63) is 84.2 Å². The standard InChI is InChI=1S/C25H27FN2O5S/c1-4-18(2)28(25(29)27-23-10-5-6-11-24(23)32-3)17-19-8-7-9-21(16-19)33-34(30,31)22-14-12-20(26)13-15-22/h5-16,18H,4,17H2,1-3H3,(H,27,29)/t18-/m1/s1. The van der Waals surface area contributed by atoms with E-state index in [1.165, 1.54) is 13.2 Å². The number of halogens is 1. The summed E-state index contributed by atoms with van der Waals surface area (Å²) >= 11 is 0. The molecule has 0 aliphatic heterocycles. The minimum Gasteiger partial charge on any atom is -0.495 e. The monoisotopic (exact) mass is 486 g/mol. The van der Waals surface area contributed by atoms with E-state index in [-0.39, 0.29) is 29.3 Å². The van der Waals surface area contributed by atoms with Crippen LogP contribution in [0.1, 0.15) is 25.8 Å². The molecule has 7 nitrogen and oxygen atoms in total. The summed E-state index contributed by atoms with van der Waals surface area (Å²) in [4.78, 5) is 14.6. The Hall–Kier alpha value is -3.59. The molecule has 1 N–H and O–H groups in total. The molecule has 0 aromatic heterocycles. The van der Waals surface area contributed by atoms with E-state index in [2.05, 4.69) is 5.32 Å². The first kappa shape index (κ1) is 25.0. The van der Waals surface area contributed by atoms with Crippen molar-refractivity contribution in [3.8, 4) is 11.5 Å². The Morgan fingerprint density at radius 1 is 1.06 bits per heavy atom. The molecule has 34 heavy (non-hydrogen) atoms. The van der Waals surface area contributed by atoms with Gasteiger partial charge in [-0.25, -0.2) is 9.18 Å². The van der Waals surface area contributed by atoms with Crippen molar-refractivity contribution in [3.63, 3.8) is 0 Å². The van der Waals surface area contributed by atoms with Gasteiger partial charge >= 0.3 is 16.1 Å². The van der Waals surface area contributed by atoms with Crippen LogP contribution in [0.5, 0.6) is 11.5 Å². The fourth-order valence-electron chi connectivity index (χ4n) is 3.25. The predicted octanol–water partition coefficient (Wildman–Crippen LogP) is 5.43. The minimum absolute atomic E-state index is 0.0936. The molecule has 3 aromatic carbocycles. The molecule has 9 heteroatoms. The molecule has 180 valence electrons. The van der Waals surface area contributed by atoms with Gasteiger partial charge in [0.15, 0.2) is 0 Å². The number of carbonyl (C=O) groups excluding carboxylic acids is 1. The fourth-order valence-corrected chi connectivity index (χ4v) is 4.17. The minimum atomic E-state index is -4.13. The topological polar surface area (TPSA) is 84.9 Å². The Kier molecular flexibility index (Phi) is 8.12. The number of para-hydroxylation sites is 2. The Morgan fingerprint density at radius 3 is 2.44 bits per heavy atom. The molecule has 0 saturated carbocycles. The first-order valence-electron chi connectivity index (χ1n) is 10.7. The van der Waals surface area contributed by atoms with Crippen LogP contribution in [0.25, 0.3) is 0 Å². The Bertz CT molecular complexity index is 1230. The average molecular weight is 487 g/mol. The first-order chi connectivity index (χ1) is 16.2. The predicted molar refractivity (Wildman–Crippen MR) is 128 cm³/mol. The van der Waals surface area contributed by atoms with Gasteiger partial charge in [-0.3, -0.25) is 0 Å². The number of hydrogen-bond donors (Lipinski definition) is 1. The van der Waals surface area contributed by atoms with Crippen molar-refractivity contribution >= 4 is 21.8 Å². The summed E-state index contributed by atoms with van der Waals surface area (Å²) in [6.45, 7) is 4.13. The first-order valence-corrected chi connectivity index (χ1v) is 12.1. The van der Waals surface area contributed by atoms with Gasteiger partial charge < -0.3 is 19.1 Å². The number of nitrogens with one attached hydrogen (secondary N) is 1. The summed E-state index contributed by atoms with van der Waals surface area (Å²) < 4.78 is 48.8. The maximum atomic E-state index is 13.1. The summed E-state index contributed by atoms with van der Waals surface area (Å²) in [6.07, 6.45) is 0.717. The number of carbonyl (C=O) groups is 1. The van der Waals surface area contributed by atoms with E-state index in [0.29, 0.717) is 23.4 Å². The van der Waals surface area contributed by atoms with Gasteiger partial charge in [-0.2, -0.15) is 8.42 Å². The second-order valence-electron chi connectivity index (χ2n) is 7.65. The third-order valence-corrected chi connectivity index (χ3v) is 6.55. The molecule has 0 aliphatic carbocycles. The van der Waals surface area contributed by atoms with Gasteiger partial charge in [0.05, 0.1) is 12.8 Å². The quantitative estimate of drug-likeness (QED) is 0.408. The third-order valence-electron chi connectivity index (χ3n) is 5.29. The Morgan fingerprint density at radius 2 is 1.76 bits per heavy atom. The summed E-state index contributed by atoms with van der Waals surface area (Å²) in [5.74, 6) is 0.0925. The molecule has 0 spiro atoms. The zero-order valence-electron chi connectivity index (χ0n) is 19.2.